The molecule has 1 atom stereocenters. The number of amides is 1. The largest absolute Gasteiger partial charge is 0.497 e. The van der Waals surface area contributed by atoms with Crippen molar-refractivity contribution >= 4 is 57.4 Å². The Hall–Kier alpha value is -3.37. The summed E-state index contributed by atoms with van der Waals surface area (Å²) >= 11 is 6.77. The number of thioether (sulfide) groups is 1. The van der Waals surface area contributed by atoms with E-state index in [9.17, 15) is 9.59 Å². The van der Waals surface area contributed by atoms with Gasteiger partial charge in [-0.3, -0.25) is 18.9 Å². The monoisotopic (exact) mass is 549 g/mol. The minimum atomic E-state index is -0.194. The summed E-state index contributed by atoms with van der Waals surface area (Å²) < 4.78 is 7.37. The van der Waals surface area contributed by atoms with Crippen LogP contribution in [0.15, 0.2) is 52.3 Å². The molecule has 0 aliphatic carbocycles. The number of thiocarbonyl (C=S) groups is 1. The molecule has 0 radical (unpaired) electrons. The number of nitrogens with zero attached hydrogens (tertiary/aromatic N) is 5. The molecule has 1 unspecified atom stereocenters. The number of ether oxygens (including phenoxy) is 1. The number of carbonyl (C=O) groups is 1. The highest BCUT2D eigenvalue weighted by molar-refractivity contribution is 8.26. The van der Waals surface area contributed by atoms with Gasteiger partial charge in [0.15, 0.2) is 0 Å². The highest BCUT2D eigenvalue weighted by Crippen LogP contribution is 2.35. The molecule has 0 N–H and O–H groups in total. The van der Waals surface area contributed by atoms with E-state index in [0.717, 1.165) is 36.5 Å². The smallest absolute Gasteiger partial charge is 0.267 e. The number of pyridine rings is 1. The van der Waals surface area contributed by atoms with E-state index in [1.165, 1.54) is 11.8 Å². The number of aryl methyl sites for hydroxylation is 1. The van der Waals surface area contributed by atoms with Gasteiger partial charge in [-0.1, -0.05) is 37.0 Å². The lowest BCUT2D eigenvalue weighted by molar-refractivity contribution is -0.123. The minimum Gasteiger partial charge on any atom is -0.497 e. The van der Waals surface area contributed by atoms with Gasteiger partial charge in [0.1, 0.15) is 21.5 Å². The Bertz CT molecular complexity index is 1480. The maximum atomic E-state index is 13.8. The number of piperazine rings is 1. The first-order valence-corrected chi connectivity index (χ1v) is 14.0. The highest BCUT2D eigenvalue weighted by Gasteiger charge is 2.35. The molecule has 8 nitrogen and oxygen atoms in total. The molecule has 1 aromatic carbocycles. The lowest BCUT2D eigenvalue weighted by Crippen LogP contribution is -2.47. The third-order valence-electron chi connectivity index (χ3n) is 7.13. The first kappa shape index (κ1) is 26.2. The fourth-order valence-corrected chi connectivity index (χ4v) is 6.20. The molecule has 0 bridgehead atoms. The molecule has 198 valence electrons. The molecule has 38 heavy (non-hydrogen) atoms. The van der Waals surface area contributed by atoms with Crippen LogP contribution < -0.4 is 20.1 Å². The zero-order valence-electron chi connectivity index (χ0n) is 22.0. The van der Waals surface area contributed by atoms with E-state index in [2.05, 4.69) is 21.9 Å². The van der Waals surface area contributed by atoms with Crippen molar-refractivity contribution in [3.8, 4) is 5.75 Å². The van der Waals surface area contributed by atoms with Gasteiger partial charge in [0.25, 0.3) is 11.5 Å². The van der Waals surface area contributed by atoms with Gasteiger partial charge in [0.2, 0.25) is 0 Å². The molecule has 1 amide bonds. The Morgan fingerprint density at radius 1 is 1.08 bits per heavy atom. The number of methoxy groups -OCH3 is 1. The topological polar surface area (TPSA) is 70.4 Å². The van der Waals surface area contributed by atoms with E-state index in [1.807, 2.05) is 45.0 Å². The van der Waals surface area contributed by atoms with Crippen molar-refractivity contribution < 1.29 is 9.53 Å². The molecule has 5 rings (SSSR count). The number of benzene rings is 1. The summed E-state index contributed by atoms with van der Waals surface area (Å²) in [6, 6.07) is 11.8. The van der Waals surface area contributed by atoms with E-state index in [-0.39, 0.29) is 17.5 Å². The zero-order valence-corrected chi connectivity index (χ0v) is 23.6. The molecule has 2 saturated heterocycles. The minimum absolute atomic E-state index is 0.00243. The molecule has 4 heterocycles. The van der Waals surface area contributed by atoms with Crippen LogP contribution in [0.5, 0.6) is 5.75 Å². The Morgan fingerprint density at radius 3 is 2.42 bits per heavy atom. The third-order valence-corrected chi connectivity index (χ3v) is 8.46. The SMILES string of the molecule is CCC(C)N1C(=O)C(=Cc2c(N3CCN(c4ccc(OC)cc4)CC3)nc3ccc(C)cn3c2=O)SC1=S. The fourth-order valence-electron chi connectivity index (χ4n) is 4.76. The van der Waals surface area contributed by atoms with Crippen LogP contribution in [-0.2, 0) is 4.79 Å². The van der Waals surface area contributed by atoms with Gasteiger partial charge in [0, 0.05) is 44.1 Å². The van der Waals surface area contributed by atoms with Crippen LogP contribution in [0.4, 0.5) is 11.5 Å². The van der Waals surface area contributed by atoms with E-state index in [4.69, 9.17) is 21.9 Å². The van der Waals surface area contributed by atoms with Gasteiger partial charge in [-0.05, 0) is 62.2 Å². The van der Waals surface area contributed by atoms with Crippen molar-refractivity contribution in [3.05, 3.63) is 69.0 Å². The maximum absolute atomic E-state index is 13.8. The maximum Gasteiger partial charge on any atom is 0.267 e. The van der Waals surface area contributed by atoms with Crippen molar-refractivity contribution in [1.82, 2.24) is 14.3 Å². The van der Waals surface area contributed by atoms with Crippen molar-refractivity contribution in [2.45, 2.75) is 33.2 Å². The van der Waals surface area contributed by atoms with Gasteiger partial charge in [-0.15, -0.1) is 0 Å². The molecule has 2 fully saturated rings. The van der Waals surface area contributed by atoms with Crippen LogP contribution in [-0.4, -0.2) is 63.8 Å². The standard InChI is InChI=1S/C28H31N5O3S2/c1-5-19(3)33-27(35)23(38-28(33)37)16-22-25(29-24-11-6-18(2)17-32(24)26(22)34)31-14-12-30(13-15-31)20-7-9-21(36-4)10-8-20/h6-11,16-17,19H,5,12-15H2,1-4H3. The summed E-state index contributed by atoms with van der Waals surface area (Å²) in [5.74, 6) is 1.27. The Balaban J connectivity index is 1.51. The van der Waals surface area contributed by atoms with Crippen molar-refractivity contribution in [3.63, 3.8) is 0 Å². The van der Waals surface area contributed by atoms with Crippen LogP contribution in [0.1, 0.15) is 31.4 Å². The number of fused-ring (bicyclic) bond motifs is 1. The summed E-state index contributed by atoms with van der Waals surface area (Å²) in [6.45, 7) is 8.88. The van der Waals surface area contributed by atoms with Gasteiger partial charge in [0.05, 0.1) is 17.6 Å². The molecule has 2 aromatic heterocycles. The summed E-state index contributed by atoms with van der Waals surface area (Å²) in [4.78, 5) is 38.6. The second kappa shape index (κ2) is 10.8. The normalized spacial score (nSPS) is 18.1. The number of carbonyl (C=O) groups excluding carboxylic acids is 1. The number of hydrogen-bond donors (Lipinski definition) is 0. The molecule has 2 aliphatic heterocycles. The van der Waals surface area contributed by atoms with E-state index in [0.29, 0.717) is 39.3 Å². The van der Waals surface area contributed by atoms with E-state index < -0.39 is 0 Å². The first-order valence-electron chi connectivity index (χ1n) is 12.7. The van der Waals surface area contributed by atoms with Gasteiger partial charge < -0.3 is 14.5 Å². The van der Waals surface area contributed by atoms with Crippen molar-refractivity contribution in [2.24, 2.45) is 0 Å². The van der Waals surface area contributed by atoms with E-state index >= 15 is 0 Å². The summed E-state index contributed by atoms with van der Waals surface area (Å²) in [5, 5.41) is 0. The Labute approximate surface area is 231 Å². The number of aromatic nitrogens is 2. The number of anilines is 2. The lowest BCUT2D eigenvalue weighted by Gasteiger charge is -2.37. The molecule has 0 spiro atoms. The second-order valence-electron chi connectivity index (χ2n) is 9.57. The van der Waals surface area contributed by atoms with Crippen LogP contribution in [0, 0.1) is 6.92 Å². The summed E-state index contributed by atoms with van der Waals surface area (Å²) in [6.07, 6.45) is 4.28. The average Bonchev–Trinajstić information content (AvgIpc) is 3.22. The van der Waals surface area contributed by atoms with E-state index in [1.54, 1.807) is 28.7 Å². The third kappa shape index (κ3) is 4.90. The fraction of sp³-hybridized carbons (Fsp3) is 0.357. The van der Waals surface area contributed by atoms with Crippen molar-refractivity contribution in [1.29, 1.82) is 0 Å². The Morgan fingerprint density at radius 2 is 1.76 bits per heavy atom. The lowest BCUT2D eigenvalue weighted by atomic mass is 10.2. The average molecular weight is 550 g/mol. The second-order valence-corrected chi connectivity index (χ2v) is 11.2. The highest BCUT2D eigenvalue weighted by atomic mass is 32.2. The van der Waals surface area contributed by atoms with Crippen LogP contribution in [0.3, 0.4) is 0 Å². The molecule has 2 aliphatic rings. The van der Waals surface area contributed by atoms with Crippen molar-refractivity contribution in [2.75, 3.05) is 43.1 Å². The molecule has 3 aromatic rings. The molecular weight excluding hydrogens is 518 g/mol. The van der Waals surface area contributed by atoms with Gasteiger partial charge in [-0.2, -0.15) is 0 Å². The van der Waals surface area contributed by atoms with Gasteiger partial charge >= 0.3 is 0 Å². The summed E-state index contributed by atoms with van der Waals surface area (Å²) in [5.41, 5.74) is 2.88. The first-order chi connectivity index (χ1) is 18.3. The van der Waals surface area contributed by atoms with Crippen LogP contribution in [0.2, 0.25) is 0 Å². The zero-order chi connectivity index (χ0) is 27.0. The number of hydrogen-bond acceptors (Lipinski definition) is 8. The molecular formula is C28H31N5O3S2. The quantitative estimate of drug-likeness (QED) is 0.332. The molecule has 0 saturated carbocycles. The van der Waals surface area contributed by atoms with Gasteiger partial charge in [-0.25, -0.2) is 4.98 Å². The molecule has 10 heteroatoms. The van der Waals surface area contributed by atoms with Crippen LogP contribution >= 0.6 is 24.0 Å². The Kier molecular flexibility index (Phi) is 7.45. The van der Waals surface area contributed by atoms with Crippen LogP contribution in [0.25, 0.3) is 11.7 Å². The predicted molar refractivity (Wildman–Crippen MR) is 158 cm³/mol. The predicted octanol–water partition coefficient (Wildman–Crippen LogP) is 4.34. The summed E-state index contributed by atoms with van der Waals surface area (Å²) in [7, 11) is 1.66. The number of rotatable bonds is 6.